The molecule has 2 aromatic heterocycles. The van der Waals surface area contributed by atoms with E-state index in [1.807, 2.05) is 42.7 Å². The van der Waals surface area contributed by atoms with Crippen LogP contribution in [0.5, 0.6) is 5.75 Å². The lowest BCUT2D eigenvalue weighted by molar-refractivity contribution is 0.338. The summed E-state index contributed by atoms with van der Waals surface area (Å²) in [6, 6.07) is 11.2. The summed E-state index contributed by atoms with van der Waals surface area (Å²) in [5.74, 6) is 0.350. The zero-order valence-electron chi connectivity index (χ0n) is 12.0. The number of nitrogens with zero attached hydrogens (tertiary/aromatic N) is 3. The molecule has 3 rings (SSSR count). The Bertz CT molecular complexity index is 928. The standard InChI is InChI=1S/C16H15N3O2/c1-3-18-12-7-5-6-8-13(12)19-15(20)9-14(21-4-2)11(10-17)16(18)19/h5-9H,3-4H2,1-2H3. The van der Waals surface area contributed by atoms with Crippen LogP contribution in [0.15, 0.2) is 35.1 Å². The number of hydrogen-bond donors (Lipinski definition) is 0. The molecule has 0 unspecified atom stereocenters. The Morgan fingerprint density at radius 1 is 1.24 bits per heavy atom. The summed E-state index contributed by atoms with van der Waals surface area (Å²) in [5, 5.41) is 9.52. The smallest absolute Gasteiger partial charge is 0.260 e. The Labute approximate surface area is 121 Å². The summed E-state index contributed by atoms with van der Waals surface area (Å²) < 4.78 is 9.02. The highest BCUT2D eigenvalue weighted by molar-refractivity contribution is 5.84. The van der Waals surface area contributed by atoms with Gasteiger partial charge in [0.25, 0.3) is 5.56 Å². The Morgan fingerprint density at radius 3 is 2.57 bits per heavy atom. The van der Waals surface area contributed by atoms with Gasteiger partial charge in [0, 0.05) is 12.6 Å². The molecule has 0 N–H and O–H groups in total. The van der Waals surface area contributed by atoms with Crippen molar-refractivity contribution in [3.8, 4) is 11.8 Å². The van der Waals surface area contributed by atoms with E-state index in [0.717, 1.165) is 11.0 Å². The number of pyridine rings is 1. The monoisotopic (exact) mass is 281 g/mol. The van der Waals surface area contributed by atoms with Gasteiger partial charge in [0.15, 0.2) is 0 Å². The lowest BCUT2D eigenvalue weighted by Crippen LogP contribution is -2.15. The molecule has 3 aromatic rings. The van der Waals surface area contributed by atoms with Gasteiger partial charge in [-0.05, 0) is 26.0 Å². The number of nitriles is 1. The van der Waals surface area contributed by atoms with Crippen molar-refractivity contribution in [2.75, 3.05) is 6.61 Å². The number of hydrogen-bond acceptors (Lipinski definition) is 3. The second-order valence-corrected chi connectivity index (χ2v) is 4.66. The molecule has 0 saturated carbocycles. The van der Waals surface area contributed by atoms with E-state index in [9.17, 15) is 10.1 Å². The van der Waals surface area contributed by atoms with E-state index in [1.54, 1.807) is 4.40 Å². The quantitative estimate of drug-likeness (QED) is 0.741. The highest BCUT2D eigenvalue weighted by atomic mass is 16.5. The summed E-state index contributed by atoms with van der Waals surface area (Å²) >= 11 is 0. The molecule has 0 aliphatic carbocycles. The number of imidazole rings is 1. The van der Waals surface area contributed by atoms with Crippen molar-refractivity contribution in [2.24, 2.45) is 0 Å². The first kappa shape index (κ1) is 13.3. The van der Waals surface area contributed by atoms with E-state index in [-0.39, 0.29) is 5.56 Å². The largest absolute Gasteiger partial charge is 0.492 e. The Morgan fingerprint density at radius 2 is 1.95 bits per heavy atom. The molecule has 0 aliphatic heterocycles. The van der Waals surface area contributed by atoms with E-state index >= 15 is 0 Å². The molecule has 1 aromatic carbocycles. The van der Waals surface area contributed by atoms with Crippen LogP contribution >= 0.6 is 0 Å². The fourth-order valence-electron chi connectivity index (χ4n) is 2.75. The van der Waals surface area contributed by atoms with Crippen LogP contribution in [0.25, 0.3) is 16.7 Å². The fourth-order valence-corrected chi connectivity index (χ4v) is 2.75. The van der Waals surface area contributed by atoms with E-state index < -0.39 is 0 Å². The van der Waals surface area contributed by atoms with E-state index in [0.29, 0.717) is 30.1 Å². The molecule has 0 radical (unpaired) electrons. The molecule has 0 bridgehead atoms. The van der Waals surface area contributed by atoms with Gasteiger partial charge in [-0.1, -0.05) is 12.1 Å². The minimum Gasteiger partial charge on any atom is -0.492 e. The Kier molecular flexibility index (Phi) is 3.15. The topological polar surface area (TPSA) is 59.4 Å². The highest BCUT2D eigenvalue weighted by Crippen LogP contribution is 2.26. The Balaban J connectivity index is 2.61. The molecule has 5 heteroatoms. The molecule has 0 amide bonds. The number of ether oxygens (including phenoxy) is 1. The maximum Gasteiger partial charge on any atom is 0.260 e. The van der Waals surface area contributed by atoms with Gasteiger partial charge < -0.3 is 9.30 Å². The third-order valence-electron chi connectivity index (χ3n) is 3.55. The zero-order chi connectivity index (χ0) is 15.0. The summed E-state index contributed by atoms with van der Waals surface area (Å²) in [5.41, 5.74) is 2.55. The zero-order valence-corrected chi connectivity index (χ0v) is 12.0. The van der Waals surface area contributed by atoms with E-state index in [1.165, 1.54) is 6.07 Å². The molecule has 0 saturated heterocycles. The van der Waals surface area contributed by atoms with E-state index in [4.69, 9.17) is 4.74 Å². The summed E-state index contributed by atoms with van der Waals surface area (Å²) in [4.78, 5) is 12.4. The van der Waals surface area contributed by atoms with Crippen LogP contribution in [-0.2, 0) is 6.54 Å². The number of aromatic nitrogens is 2. The van der Waals surface area contributed by atoms with Crippen LogP contribution in [0.3, 0.4) is 0 Å². The molecule has 2 heterocycles. The van der Waals surface area contributed by atoms with Crippen molar-refractivity contribution < 1.29 is 4.74 Å². The Hall–Kier alpha value is -2.74. The van der Waals surface area contributed by atoms with Gasteiger partial charge in [-0.3, -0.25) is 9.20 Å². The van der Waals surface area contributed by atoms with Crippen molar-refractivity contribution >= 4 is 16.7 Å². The van der Waals surface area contributed by atoms with Gasteiger partial charge in [-0.2, -0.15) is 5.26 Å². The molecule has 0 fully saturated rings. The number of rotatable bonds is 3. The van der Waals surface area contributed by atoms with Crippen molar-refractivity contribution in [3.63, 3.8) is 0 Å². The number of aryl methyl sites for hydroxylation is 1. The van der Waals surface area contributed by atoms with Crippen LogP contribution < -0.4 is 10.3 Å². The van der Waals surface area contributed by atoms with Gasteiger partial charge in [0.2, 0.25) is 0 Å². The predicted molar refractivity (Wildman–Crippen MR) is 80.7 cm³/mol. The lowest BCUT2D eigenvalue weighted by atomic mass is 10.2. The van der Waals surface area contributed by atoms with Gasteiger partial charge in [0.1, 0.15) is 23.0 Å². The maximum atomic E-state index is 12.4. The molecule has 106 valence electrons. The first-order valence-electron chi connectivity index (χ1n) is 6.92. The highest BCUT2D eigenvalue weighted by Gasteiger charge is 2.18. The normalized spacial score (nSPS) is 10.9. The summed E-state index contributed by atoms with van der Waals surface area (Å²) in [6.45, 7) is 4.90. The second-order valence-electron chi connectivity index (χ2n) is 4.66. The van der Waals surface area contributed by atoms with Crippen molar-refractivity contribution in [1.82, 2.24) is 8.97 Å². The van der Waals surface area contributed by atoms with Crippen LogP contribution in [0.4, 0.5) is 0 Å². The van der Waals surface area contributed by atoms with Crippen LogP contribution in [-0.4, -0.2) is 15.6 Å². The maximum absolute atomic E-state index is 12.4. The van der Waals surface area contributed by atoms with Gasteiger partial charge in [0.05, 0.1) is 17.6 Å². The van der Waals surface area contributed by atoms with Crippen LogP contribution in [0.2, 0.25) is 0 Å². The average Bonchev–Trinajstić information content (AvgIpc) is 2.82. The third kappa shape index (κ3) is 1.80. The SMILES string of the molecule is CCOc1cc(=O)n2c3ccccc3n(CC)c2c1C#N. The van der Waals surface area contributed by atoms with Gasteiger partial charge in [-0.25, -0.2) is 0 Å². The summed E-state index contributed by atoms with van der Waals surface area (Å²) in [6.07, 6.45) is 0. The number of fused-ring (bicyclic) bond motifs is 3. The van der Waals surface area contributed by atoms with Crippen molar-refractivity contribution in [1.29, 1.82) is 5.26 Å². The molecule has 0 spiro atoms. The first-order chi connectivity index (χ1) is 10.2. The van der Waals surface area contributed by atoms with Crippen LogP contribution in [0.1, 0.15) is 19.4 Å². The fraction of sp³-hybridized carbons (Fsp3) is 0.250. The number of para-hydroxylation sites is 2. The second kappa shape index (κ2) is 4.98. The van der Waals surface area contributed by atoms with Crippen LogP contribution in [0, 0.1) is 11.3 Å². The molecule has 0 aliphatic rings. The van der Waals surface area contributed by atoms with Gasteiger partial charge >= 0.3 is 0 Å². The summed E-state index contributed by atoms with van der Waals surface area (Å²) in [7, 11) is 0. The molecular formula is C16H15N3O2. The third-order valence-corrected chi connectivity index (χ3v) is 3.55. The van der Waals surface area contributed by atoms with Gasteiger partial charge in [-0.15, -0.1) is 0 Å². The average molecular weight is 281 g/mol. The van der Waals surface area contributed by atoms with Crippen molar-refractivity contribution in [2.45, 2.75) is 20.4 Å². The van der Waals surface area contributed by atoms with E-state index in [2.05, 4.69) is 6.07 Å². The lowest BCUT2D eigenvalue weighted by Gasteiger charge is -2.08. The minimum absolute atomic E-state index is 0.184. The predicted octanol–water partition coefficient (Wildman–Crippen LogP) is 2.54. The minimum atomic E-state index is -0.184. The molecule has 0 atom stereocenters. The molecule has 5 nitrogen and oxygen atoms in total. The first-order valence-corrected chi connectivity index (χ1v) is 6.92. The van der Waals surface area contributed by atoms with Crippen molar-refractivity contribution in [3.05, 3.63) is 46.2 Å². The molecular weight excluding hydrogens is 266 g/mol. The number of benzene rings is 1. The molecule has 21 heavy (non-hydrogen) atoms.